The molecule has 10 aromatic rings. The fourth-order valence-electron chi connectivity index (χ4n) is 7.37. The van der Waals surface area contributed by atoms with E-state index in [1.807, 2.05) is 54.7 Å². The molecule has 3 heterocycles. The second-order valence-corrected chi connectivity index (χ2v) is 13.2. The molecule has 10 rings (SSSR count). The van der Waals surface area contributed by atoms with Crippen molar-refractivity contribution in [2.75, 3.05) is 0 Å². The van der Waals surface area contributed by atoms with Gasteiger partial charge in [0.15, 0.2) is 5.82 Å². The summed E-state index contributed by atoms with van der Waals surface area (Å²) in [4.78, 5) is 15.0. The molecule has 248 valence electrons. The van der Waals surface area contributed by atoms with Crippen molar-refractivity contribution in [2.24, 2.45) is 0 Å². The molecule has 0 radical (unpaired) electrons. The molecule has 0 bridgehead atoms. The molecule has 0 N–H and O–H groups in total. The van der Waals surface area contributed by atoms with E-state index in [4.69, 9.17) is 14.4 Å². The van der Waals surface area contributed by atoms with Crippen molar-refractivity contribution < 1.29 is 4.42 Å². The summed E-state index contributed by atoms with van der Waals surface area (Å²) in [7, 11) is 0. The average Bonchev–Trinajstić information content (AvgIpc) is 3.63. The van der Waals surface area contributed by atoms with Crippen LogP contribution in [0.4, 0.5) is 0 Å². The van der Waals surface area contributed by atoms with Gasteiger partial charge < -0.3 is 4.42 Å². The van der Waals surface area contributed by atoms with Gasteiger partial charge in [0.2, 0.25) is 0 Å². The Balaban J connectivity index is 1.23. The minimum atomic E-state index is 0.665. The van der Waals surface area contributed by atoms with Crippen molar-refractivity contribution in [3.8, 4) is 67.4 Å². The van der Waals surface area contributed by atoms with Crippen LogP contribution in [0.25, 0.3) is 100 Å². The summed E-state index contributed by atoms with van der Waals surface area (Å²) in [5, 5.41) is 4.59. The Kier molecular flexibility index (Phi) is 7.43. The van der Waals surface area contributed by atoms with E-state index in [1.165, 1.54) is 10.8 Å². The first-order valence-electron chi connectivity index (χ1n) is 17.8. The number of hydrogen-bond acceptors (Lipinski definition) is 4. The highest BCUT2D eigenvalue weighted by atomic mass is 16.3. The standard InChI is InChI=1S/C49H31N3O/c1-2-14-33(15-3-1)49-51-45(35-18-10-17-34(27-35)44-24-8-9-26-50-44)31-46(52-49)38-29-36(40-21-11-16-32-13-4-5-19-39(32)40)28-37(30-38)41-22-12-23-43-42-20-6-7-25-47(42)53-48(41)43/h1-31H. The Labute approximate surface area is 306 Å². The summed E-state index contributed by atoms with van der Waals surface area (Å²) in [5.41, 5.74) is 12.6. The Hall–Kier alpha value is -7.17. The summed E-state index contributed by atoms with van der Waals surface area (Å²) in [6, 6.07) is 63.2. The van der Waals surface area contributed by atoms with Gasteiger partial charge in [-0.3, -0.25) is 4.98 Å². The lowest BCUT2D eigenvalue weighted by atomic mass is 9.91. The van der Waals surface area contributed by atoms with Gasteiger partial charge in [-0.15, -0.1) is 0 Å². The van der Waals surface area contributed by atoms with Gasteiger partial charge in [0.05, 0.1) is 17.1 Å². The first-order chi connectivity index (χ1) is 26.2. The lowest BCUT2D eigenvalue weighted by Crippen LogP contribution is -1.97. The summed E-state index contributed by atoms with van der Waals surface area (Å²) < 4.78 is 6.57. The van der Waals surface area contributed by atoms with E-state index in [-0.39, 0.29) is 0 Å². The molecule has 4 heteroatoms. The topological polar surface area (TPSA) is 51.8 Å². The molecular formula is C49H31N3O. The van der Waals surface area contributed by atoms with Crippen molar-refractivity contribution in [3.05, 3.63) is 188 Å². The Morgan fingerprint density at radius 2 is 0.943 bits per heavy atom. The summed E-state index contributed by atoms with van der Waals surface area (Å²) in [6.45, 7) is 0. The van der Waals surface area contributed by atoms with Crippen LogP contribution in [-0.2, 0) is 0 Å². The van der Waals surface area contributed by atoms with Crippen molar-refractivity contribution in [1.82, 2.24) is 15.0 Å². The molecule has 7 aromatic carbocycles. The molecule has 4 nitrogen and oxygen atoms in total. The largest absolute Gasteiger partial charge is 0.455 e. The van der Waals surface area contributed by atoms with Crippen LogP contribution >= 0.6 is 0 Å². The van der Waals surface area contributed by atoms with Crippen molar-refractivity contribution in [3.63, 3.8) is 0 Å². The number of hydrogen-bond donors (Lipinski definition) is 0. The van der Waals surface area contributed by atoms with Gasteiger partial charge in [0, 0.05) is 44.8 Å². The van der Waals surface area contributed by atoms with Crippen molar-refractivity contribution in [2.45, 2.75) is 0 Å². The van der Waals surface area contributed by atoms with Gasteiger partial charge in [0.25, 0.3) is 0 Å². The van der Waals surface area contributed by atoms with E-state index in [1.54, 1.807) is 0 Å². The van der Waals surface area contributed by atoms with Crippen molar-refractivity contribution in [1.29, 1.82) is 0 Å². The number of fused-ring (bicyclic) bond motifs is 4. The van der Waals surface area contributed by atoms with Crippen LogP contribution in [0.5, 0.6) is 0 Å². The van der Waals surface area contributed by atoms with Gasteiger partial charge in [-0.05, 0) is 76.0 Å². The number of furan rings is 1. The van der Waals surface area contributed by atoms with Crippen LogP contribution in [-0.4, -0.2) is 15.0 Å². The van der Waals surface area contributed by atoms with Crippen molar-refractivity contribution >= 4 is 32.7 Å². The quantitative estimate of drug-likeness (QED) is 0.176. The third-order valence-electron chi connectivity index (χ3n) is 9.92. The Morgan fingerprint density at radius 1 is 0.358 bits per heavy atom. The zero-order chi connectivity index (χ0) is 35.1. The molecule has 0 aliphatic carbocycles. The maximum absolute atomic E-state index is 6.57. The van der Waals surface area contributed by atoms with Crippen LogP contribution in [0.15, 0.2) is 193 Å². The molecule has 3 aromatic heterocycles. The second kappa shape index (κ2) is 12.9. The molecule has 0 saturated carbocycles. The molecule has 0 amide bonds. The third-order valence-corrected chi connectivity index (χ3v) is 9.92. The minimum Gasteiger partial charge on any atom is -0.455 e. The van der Waals surface area contributed by atoms with E-state index >= 15 is 0 Å². The van der Waals surface area contributed by atoms with Gasteiger partial charge in [-0.2, -0.15) is 0 Å². The summed E-state index contributed by atoms with van der Waals surface area (Å²) in [6.07, 6.45) is 1.82. The smallest absolute Gasteiger partial charge is 0.160 e. The fourth-order valence-corrected chi connectivity index (χ4v) is 7.37. The monoisotopic (exact) mass is 677 g/mol. The second-order valence-electron chi connectivity index (χ2n) is 13.2. The maximum atomic E-state index is 6.57. The molecule has 0 atom stereocenters. The molecule has 0 aliphatic heterocycles. The van der Waals surface area contributed by atoms with Crippen LogP contribution in [0.3, 0.4) is 0 Å². The number of aromatic nitrogens is 3. The molecule has 0 unspecified atom stereocenters. The van der Waals surface area contributed by atoms with Crippen LogP contribution in [0.1, 0.15) is 0 Å². The number of pyridine rings is 1. The number of rotatable bonds is 6. The highest BCUT2D eigenvalue weighted by Gasteiger charge is 2.17. The number of para-hydroxylation sites is 2. The third kappa shape index (κ3) is 5.63. The predicted octanol–water partition coefficient (Wildman–Crippen LogP) is 12.9. The summed E-state index contributed by atoms with van der Waals surface area (Å²) in [5.74, 6) is 0.665. The molecule has 0 aliphatic rings. The van der Waals surface area contributed by atoms with Crippen LogP contribution in [0.2, 0.25) is 0 Å². The predicted molar refractivity (Wildman–Crippen MR) is 217 cm³/mol. The van der Waals surface area contributed by atoms with Crippen LogP contribution in [0, 0.1) is 0 Å². The van der Waals surface area contributed by atoms with Gasteiger partial charge in [0.1, 0.15) is 11.2 Å². The average molecular weight is 678 g/mol. The number of nitrogens with zero attached hydrogens (tertiary/aromatic N) is 3. The first-order valence-corrected chi connectivity index (χ1v) is 17.8. The highest BCUT2D eigenvalue weighted by Crippen LogP contribution is 2.41. The molecule has 0 fully saturated rings. The van der Waals surface area contributed by atoms with E-state index in [0.717, 1.165) is 83.5 Å². The SMILES string of the molecule is c1ccc(-c2nc(-c3cccc(-c4ccccn4)c3)cc(-c3cc(-c4cccc5ccccc45)cc(-c4cccc5c4oc4ccccc45)c3)n2)cc1. The van der Waals surface area contributed by atoms with E-state index < -0.39 is 0 Å². The minimum absolute atomic E-state index is 0.665. The van der Waals surface area contributed by atoms with E-state index in [9.17, 15) is 0 Å². The molecule has 0 saturated heterocycles. The Morgan fingerprint density at radius 3 is 1.79 bits per heavy atom. The van der Waals surface area contributed by atoms with E-state index in [2.05, 4.69) is 138 Å². The molecule has 53 heavy (non-hydrogen) atoms. The molecular weight excluding hydrogens is 647 g/mol. The van der Waals surface area contributed by atoms with Gasteiger partial charge >= 0.3 is 0 Å². The zero-order valence-corrected chi connectivity index (χ0v) is 28.6. The first kappa shape index (κ1) is 30.6. The normalized spacial score (nSPS) is 11.4. The lowest BCUT2D eigenvalue weighted by Gasteiger charge is -2.15. The fraction of sp³-hybridized carbons (Fsp3) is 0. The van der Waals surface area contributed by atoms with Gasteiger partial charge in [-0.25, -0.2) is 9.97 Å². The maximum Gasteiger partial charge on any atom is 0.160 e. The Bertz CT molecular complexity index is 2940. The van der Waals surface area contributed by atoms with Gasteiger partial charge in [-0.1, -0.05) is 133 Å². The molecule has 0 spiro atoms. The van der Waals surface area contributed by atoms with E-state index in [0.29, 0.717) is 5.82 Å². The van der Waals surface area contributed by atoms with Crippen LogP contribution < -0.4 is 0 Å². The summed E-state index contributed by atoms with van der Waals surface area (Å²) >= 11 is 0. The highest BCUT2D eigenvalue weighted by molar-refractivity contribution is 6.10. The lowest BCUT2D eigenvalue weighted by molar-refractivity contribution is 0.670. The zero-order valence-electron chi connectivity index (χ0n) is 28.6. The number of benzene rings is 7.